The van der Waals surface area contributed by atoms with Crippen molar-refractivity contribution in [1.29, 1.82) is 0 Å². The number of carbonyl (C=O) groups is 1. The third-order valence-electron chi connectivity index (χ3n) is 6.87. The molecule has 0 saturated carbocycles. The Bertz CT molecular complexity index is 1710. The average Bonchev–Trinajstić information content (AvgIpc) is 3.49. The number of nitrogen functional groups attached to an aromatic ring is 1. The molecule has 1 aliphatic heterocycles. The molecular weight excluding hydrogens is 527 g/mol. The number of pyridine rings is 2. The molecule has 39 heavy (non-hydrogen) atoms. The minimum Gasteiger partial charge on any atom is -0.477 e. The number of nitrogens with zero attached hydrogens (tertiary/aromatic N) is 9. The van der Waals surface area contributed by atoms with E-state index in [0.29, 0.717) is 73.2 Å². The van der Waals surface area contributed by atoms with Crippen LogP contribution in [0.3, 0.4) is 0 Å². The number of rotatable bonds is 6. The van der Waals surface area contributed by atoms with Gasteiger partial charge in [0.05, 0.1) is 22.3 Å². The van der Waals surface area contributed by atoms with Gasteiger partial charge < -0.3 is 20.3 Å². The zero-order valence-electron chi connectivity index (χ0n) is 20.9. The molecule has 5 aromatic rings. The predicted octanol–water partition coefficient (Wildman–Crippen LogP) is 2.74. The average molecular weight is 551 g/mol. The predicted molar refractivity (Wildman–Crippen MR) is 143 cm³/mol. The van der Waals surface area contributed by atoms with E-state index in [0.717, 1.165) is 5.69 Å². The van der Waals surface area contributed by atoms with Gasteiger partial charge in [-0.05, 0) is 25.1 Å². The van der Waals surface area contributed by atoms with E-state index in [1.807, 2.05) is 17.9 Å². The summed E-state index contributed by atoms with van der Waals surface area (Å²) < 4.78 is 17.2. The summed E-state index contributed by atoms with van der Waals surface area (Å²) in [7, 11) is 0. The van der Waals surface area contributed by atoms with Gasteiger partial charge in [-0.2, -0.15) is 9.50 Å². The highest BCUT2D eigenvalue weighted by molar-refractivity contribution is 6.39. The molecule has 1 aliphatic rings. The molecule has 0 spiro atoms. The zero-order valence-corrected chi connectivity index (χ0v) is 21.7. The molecule has 0 aromatic carbocycles. The molecule has 5 aromatic heterocycles. The number of hydrogen-bond donors (Lipinski definition) is 2. The Hall–Kier alpha value is -4.36. The van der Waals surface area contributed by atoms with Crippen LogP contribution in [-0.4, -0.2) is 82.8 Å². The molecule has 0 unspecified atom stereocenters. The summed E-state index contributed by atoms with van der Waals surface area (Å²) in [5.74, 6) is -1.17. The molecular formula is C25H24ClFN10O2. The number of halogens is 2. The number of carboxylic acids is 1. The number of aryl methyl sites for hydroxylation is 1. The minimum atomic E-state index is -1.19. The largest absolute Gasteiger partial charge is 0.477 e. The SMILES string of the molecule is Cc1cc(N2CCN(CCn3c(C(=O)O)c(Cl)c4c3nc(N)n3nc(-c5ccccn5)nc43)CC2)c(F)cn1. The number of piperazine rings is 1. The van der Waals surface area contributed by atoms with Crippen molar-refractivity contribution in [3.8, 4) is 11.5 Å². The van der Waals surface area contributed by atoms with Gasteiger partial charge >= 0.3 is 5.97 Å². The van der Waals surface area contributed by atoms with Crippen LogP contribution in [0.15, 0.2) is 36.7 Å². The maximum Gasteiger partial charge on any atom is 0.354 e. The van der Waals surface area contributed by atoms with Gasteiger partial charge in [-0.25, -0.2) is 14.2 Å². The highest BCUT2D eigenvalue weighted by atomic mass is 35.5. The fourth-order valence-corrected chi connectivity index (χ4v) is 5.29. The Morgan fingerprint density at radius 2 is 1.92 bits per heavy atom. The molecule has 1 fully saturated rings. The van der Waals surface area contributed by atoms with Crippen LogP contribution in [0.25, 0.3) is 28.2 Å². The maximum absolute atomic E-state index is 14.3. The van der Waals surface area contributed by atoms with Crippen molar-refractivity contribution in [3.05, 3.63) is 58.9 Å². The molecule has 6 heterocycles. The van der Waals surface area contributed by atoms with E-state index in [2.05, 4.69) is 29.9 Å². The van der Waals surface area contributed by atoms with Crippen molar-refractivity contribution in [1.82, 2.24) is 39.0 Å². The van der Waals surface area contributed by atoms with Crippen LogP contribution in [0.1, 0.15) is 16.2 Å². The topological polar surface area (TPSA) is 144 Å². The van der Waals surface area contributed by atoms with Crippen molar-refractivity contribution in [2.45, 2.75) is 13.5 Å². The molecule has 14 heteroatoms. The van der Waals surface area contributed by atoms with Crippen LogP contribution in [0.5, 0.6) is 0 Å². The van der Waals surface area contributed by atoms with Crippen LogP contribution < -0.4 is 10.6 Å². The van der Waals surface area contributed by atoms with E-state index in [9.17, 15) is 14.3 Å². The van der Waals surface area contributed by atoms with E-state index in [1.165, 1.54) is 10.7 Å². The first kappa shape index (κ1) is 24.9. The maximum atomic E-state index is 14.3. The van der Waals surface area contributed by atoms with Gasteiger partial charge in [-0.3, -0.25) is 14.9 Å². The van der Waals surface area contributed by atoms with E-state index < -0.39 is 5.97 Å². The van der Waals surface area contributed by atoms with Gasteiger partial charge in [0.25, 0.3) is 0 Å². The summed E-state index contributed by atoms with van der Waals surface area (Å²) >= 11 is 6.64. The smallest absolute Gasteiger partial charge is 0.354 e. The lowest BCUT2D eigenvalue weighted by atomic mass is 10.2. The highest BCUT2D eigenvalue weighted by Crippen LogP contribution is 2.34. The Labute approximate surface area is 226 Å². The monoisotopic (exact) mass is 550 g/mol. The quantitative estimate of drug-likeness (QED) is 0.324. The summed E-state index contributed by atoms with van der Waals surface area (Å²) in [5.41, 5.74) is 8.57. The van der Waals surface area contributed by atoms with Gasteiger partial charge in [0, 0.05) is 51.2 Å². The van der Waals surface area contributed by atoms with Crippen LogP contribution in [-0.2, 0) is 6.54 Å². The second-order valence-electron chi connectivity index (χ2n) is 9.28. The number of hydrogen-bond acceptors (Lipinski definition) is 9. The third-order valence-corrected chi connectivity index (χ3v) is 7.23. The number of anilines is 2. The highest BCUT2D eigenvalue weighted by Gasteiger charge is 2.28. The molecule has 0 radical (unpaired) electrons. The summed E-state index contributed by atoms with van der Waals surface area (Å²) in [6.45, 7) is 5.27. The number of nitrogens with two attached hydrogens (primary N) is 1. The summed E-state index contributed by atoms with van der Waals surface area (Å²) in [4.78, 5) is 33.8. The fourth-order valence-electron chi connectivity index (χ4n) is 4.94. The van der Waals surface area contributed by atoms with Crippen LogP contribution >= 0.6 is 11.6 Å². The summed E-state index contributed by atoms with van der Waals surface area (Å²) in [6.07, 6.45) is 2.87. The van der Waals surface area contributed by atoms with Gasteiger partial charge in [0.1, 0.15) is 17.0 Å². The molecule has 1 saturated heterocycles. The zero-order chi connectivity index (χ0) is 27.3. The van der Waals surface area contributed by atoms with Crippen molar-refractivity contribution < 1.29 is 14.3 Å². The van der Waals surface area contributed by atoms with Crippen LogP contribution in [0.4, 0.5) is 16.0 Å². The number of aromatic carboxylic acids is 1. The Morgan fingerprint density at radius 3 is 2.64 bits per heavy atom. The summed E-state index contributed by atoms with van der Waals surface area (Å²) in [6, 6.07) is 7.10. The normalized spacial score (nSPS) is 14.5. The van der Waals surface area contributed by atoms with Gasteiger partial charge in [-0.1, -0.05) is 17.7 Å². The second-order valence-corrected chi connectivity index (χ2v) is 9.66. The Balaban J connectivity index is 1.30. The molecule has 0 bridgehead atoms. The van der Waals surface area contributed by atoms with Crippen LogP contribution in [0, 0.1) is 12.7 Å². The van der Waals surface area contributed by atoms with E-state index in [4.69, 9.17) is 17.3 Å². The molecule has 0 amide bonds. The molecule has 200 valence electrons. The second kappa shape index (κ2) is 9.75. The third kappa shape index (κ3) is 4.38. The van der Waals surface area contributed by atoms with Gasteiger partial charge in [-0.15, -0.1) is 5.10 Å². The lowest BCUT2D eigenvalue weighted by Crippen LogP contribution is -2.47. The summed E-state index contributed by atoms with van der Waals surface area (Å²) in [5, 5.41) is 14.8. The first-order valence-electron chi connectivity index (χ1n) is 12.3. The molecule has 6 rings (SSSR count). The van der Waals surface area contributed by atoms with Crippen molar-refractivity contribution in [3.63, 3.8) is 0 Å². The Morgan fingerprint density at radius 1 is 1.13 bits per heavy atom. The van der Waals surface area contributed by atoms with Crippen molar-refractivity contribution >= 4 is 45.9 Å². The standard InChI is InChI=1S/C25H24ClFN10O2/c1-14-12-17(15(27)13-30-14)35-9-6-34(7-10-35)8-11-36-20(24(38)39)19(26)18-22(36)32-25(28)37-23(18)31-21(33-37)16-4-2-3-5-29-16/h2-5,12-13H,6-11H2,1H3,(H2,28,32)(H,38,39). The van der Waals surface area contributed by atoms with E-state index >= 15 is 0 Å². The molecule has 12 nitrogen and oxygen atoms in total. The first-order valence-corrected chi connectivity index (χ1v) is 12.7. The first-order chi connectivity index (χ1) is 18.8. The van der Waals surface area contributed by atoms with Crippen LogP contribution in [0.2, 0.25) is 5.02 Å². The number of fused-ring (bicyclic) bond motifs is 3. The molecule has 3 N–H and O–H groups in total. The number of aromatic nitrogens is 7. The van der Waals surface area contributed by atoms with Gasteiger partial charge in [0.15, 0.2) is 11.5 Å². The Kier molecular flexibility index (Phi) is 6.23. The molecule has 0 atom stereocenters. The van der Waals surface area contributed by atoms with E-state index in [1.54, 1.807) is 29.0 Å². The lowest BCUT2D eigenvalue weighted by Gasteiger charge is -2.36. The fraction of sp³-hybridized carbons (Fsp3) is 0.280. The molecule has 0 aliphatic carbocycles. The number of carboxylic acid groups (broad SMARTS) is 1. The van der Waals surface area contributed by atoms with Crippen molar-refractivity contribution in [2.24, 2.45) is 0 Å². The van der Waals surface area contributed by atoms with Gasteiger partial charge in [0.2, 0.25) is 11.8 Å². The lowest BCUT2D eigenvalue weighted by molar-refractivity contribution is 0.0684. The van der Waals surface area contributed by atoms with Crippen molar-refractivity contribution in [2.75, 3.05) is 43.4 Å². The minimum absolute atomic E-state index is 0.0170. The van der Waals surface area contributed by atoms with E-state index in [-0.39, 0.29) is 22.5 Å².